The van der Waals surface area contributed by atoms with Gasteiger partial charge in [-0.2, -0.15) is 0 Å². The van der Waals surface area contributed by atoms with E-state index in [1.165, 1.54) is 18.2 Å². The summed E-state index contributed by atoms with van der Waals surface area (Å²) in [6, 6.07) is 11.0. The standard InChI is InChI=1S/C12H6ClF2/c13-11-7-8(14)5-6-9(11)10-3-1-2-4-12(10)15/h1-3,5-7H. The molecule has 0 saturated heterocycles. The Morgan fingerprint density at radius 3 is 2.53 bits per heavy atom. The van der Waals surface area contributed by atoms with Crippen LogP contribution in [-0.2, 0) is 0 Å². The molecule has 0 heterocycles. The third-order valence-corrected chi connectivity index (χ3v) is 2.34. The highest BCUT2D eigenvalue weighted by Gasteiger charge is 2.08. The summed E-state index contributed by atoms with van der Waals surface area (Å²) in [4.78, 5) is 0. The molecule has 0 nitrogen and oxygen atoms in total. The summed E-state index contributed by atoms with van der Waals surface area (Å²) in [5, 5.41) is 0.188. The minimum atomic E-state index is -0.494. The maximum absolute atomic E-state index is 13.3. The predicted octanol–water partition coefficient (Wildman–Crippen LogP) is 4.09. The van der Waals surface area contributed by atoms with Crippen molar-refractivity contribution in [3.8, 4) is 11.1 Å². The lowest BCUT2D eigenvalue weighted by molar-refractivity contribution is 0.625. The van der Waals surface area contributed by atoms with Crippen molar-refractivity contribution in [3.63, 3.8) is 0 Å². The third-order valence-electron chi connectivity index (χ3n) is 2.03. The van der Waals surface area contributed by atoms with Crippen molar-refractivity contribution in [1.82, 2.24) is 0 Å². The molecule has 0 aliphatic rings. The Hall–Kier alpha value is -1.41. The Kier molecular flexibility index (Phi) is 2.69. The summed E-state index contributed by atoms with van der Waals surface area (Å²) >= 11 is 5.82. The zero-order valence-electron chi connectivity index (χ0n) is 7.60. The van der Waals surface area contributed by atoms with Gasteiger partial charge in [-0.1, -0.05) is 29.8 Å². The maximum Gasteiger partial charge on any atom is 0.138 e. The average Bonchev–Trinajstić information content (AvgIpc) is 2.20. The van der Waals surface area contributed by atoms with E-state index in [2.05, 4.69) is 6.07 Å². The van der Waals surface area contributed by atoms with Gasteiger partial charge in [0.2, 0.25) is 0 Å². The van der Waals surface area contributed by atoms with Crippen LogP contribution in [0, 0.1) is 17.7 Å². The van der Waals surface area contributed by atoms with Crippen molar-refractivity contribution < 1.29 is 8.78 Å². The second-order valence-corrected chi connectivity index (χ2v) is 3.43. The Bertz CT molecular complexity index is 495. The fourth-order valence-corrected chi connectivity index (χ4v) is 1.60. The van der Waals surface area contributed by atoms with E-state index in [1.807, 2.05) is 0 Å². The van der Waals surface area contributed by atoms with E-state index >= 15 is 0 Å². The van der Waals surface area contributed by atoms with E-state index in [-0.39, 0.29) is 5.02 Å². The monoisotopic (exact) mass is 223 g/mol. The molecule has 0 bridgehead atoms. The molecule has 0 aliphatic carbocycles. The molecule has 1 radical (unpaired) electrons. The van der Waals surface area contributed by atoms with Crippen LogP contribution in [-0.4, -0.2) is 0 Å². The molecule has 3 heteroatoms. The molecule has 2 rings (SSSR count). The van der Waals surface area contributed by atoms with Gasteiger partial charge in [-0.25, -0.2) is 8.78 Å². The average molecular weight is 224 g/mol. The van der Waals surface area contributed by atoms with Gasteiger partial charge in [0, 0.05) is 17.2 Å². The van der Waals surface area contributed by atoms with E-state index in [0.29, 0.717) is 11.1 Å². The van der Waals surface area contributed by atoms with Crippen LogP contribution in [0.1, 0.15) is 0 Å². The number of hydrogen-bond acceptors (Lipinski definition) is 0. The van der Waals surface area contributed by atoms with Crippen molar-refractivity contribution >= 4 is 11.6 Å². The number of benzene rings is 2. The van der Waals surface area contributed by atoms with Gasteiger partial charge in [0.05, 0.1) is 5.02 Å². The van der Waals surface area contributed by atoms with Crippen LogP contribution in [0.3, 0.4) is 0 Å². The van der Waals surface area contributed by atoms with Crippen molar-refractivity contribution in [2.75, 3.05) is 0 Å². The molecule has 0 amide bonds. The lowest BCUT2D eigenvalue weighted by atomic mass is 10.1. The van der Waals surface area contributed by atoms with E-state index < -0.39 is 11.6 Å². The molecular formula is C12H6ClF2. The molecule has 0 fully saturated rings. The summed E-state index contributed by atoms with van der Waals surface area (Å²) in [6.07, 6.45) is 0. The topological polar surface area (TPSA) is 0 Å². The second kappa shape index (κ2) is 3.99. The lowest BCUT2D eigenvalue weighted by Gasteiger charge is -2.05. The third kappa shape index (κ3) is 2.00. The summed E-state index contributed by atoms with van der Waals surface area (Å²) < 4.78 is 26.1. The Morgan fingerprint density at radius 1 is 1.07 bits per heavy atom. The fraction of sp³-hybridized carbons (Fsp3) is 0. The van der Waals surface area contributed by atoms with Gasteiger partial charge < -0.3 is 0 Å². The van der Waals surface area contributed by atoms with Gasteiger partial charge in [0.15, 0.2) is 0 Å². The number of hydrogen-bond donors (Lipinski definition) is 0. The molecule has 0 aromatic heterocycles. The van der Waals surface area contributed by atoms with Crippen LogP contribution in [0.25, 0.3) is 11.1 Å². The first-order valence-electron chi connectivity index (χ1n) is 4.30. The first kappa shape index (κ1) is 10.1. The van der Waals surface area contributed by atoms with Gasteiger partial charge in [-0.15, -0.1) is 0 Å². The summed E-state index contributed by atoms with van der Waals surface area (Å²) in [7, 11) is 0. The molecule has 0 atom stereocenters. The van der Waals surface area contributed by atoms with E-state index in [1.54, 1.807) is 12.1 Å². The fourth-order valence-electron chi connectivity index (χ4n) is 1.33. The van der Waals surface area contributed by atoms with E-state index in [0.717, 1.165) is 6.07 Å². The van der Waals surface area contributed by atoms with Crippen molar-refractivity contribution in [2.45, 2.75) is 0 Å². The Morgan fingerprint density at radius 2 is 1.87 bits per heavy atom. The zero-order chi connectivity index (χ0) is 10.8. The van der Waals surface area contributed by atoms with Crippen LogP contribution in [0.5, 0.6) is 0 Å². The molecule has 0 aliphatic heterocycles. The van der Waals surface area contributed by atoms with Crippen molar-refractivity contribution in [2.24, 2.45) is 0 Å². The molecule has 0 saturated carbocycles. The maximum atomic E-state index is 13.3. The molecule has 2 aromatic rings. The van der Waals surface area contributed by atoms with Gasteiger partial charge in [0.1, 0.15) is 11.6 Å². The van der Waals surface area contributed by atoms with Gasteiger partial charge in [0.25, 0.3) is 0 Å². The van der Waals surface area contributed by atoms with Gasteiger partial charge in [-0.3, -0.25) is 0 Å². The first-order valence-corrected chi connectivity index (χ1v) is 4.68. The minimum absolute atomic E-state index is 0.188. The molecule has 2 aromatic carbocycles. The van der Waals surface area contributed by atoms with Crippen LogP contribution < -0.4 is 0 Å². The van der Waals surface area contributed by atoms with E-state index in [4.69, 9.17) is 11.6 Å². The molecular weight excluding hydrogens is 218 g/mol. The molecule has 0 spiro atoms. The molecule has 15 heavy (non-hydrogen) atoms. The minimum Gasteiger partial charge on any atom is -0.207 e. The van der Waals surface area contributed by atoms with Crippen LogP contribution >= 0.6 is 11.6 Å². The van der Waals surface area contributed by atoms with Crippen LogP contribution in [0.15, 0.2) is 36.4 Å². The highest BCUT2D eigenvalue weighted by molar-refractivity contribution is 6.33. The molecule has 0 unspecified atom stereocenters. The van der Waals surface area contributed by atoms with Crippen molar-refractivity contribution in [1.29, 1.82) is 0 Å². The quantitative estimate of drug-likeness (QED) is 0.683. The zero-order valence-corrected chi connectivity index (χ0v) is 8.35. The van der Waals surface area contributed by atoms with Gasteiger partial charge in [-0.05, 0) is 18.2 Å². The Balaban J connectivity index is 2.60. The smallest absolute Gasteiger partial charge is 0.138 e. The highest BCUT2D eigenvalue weighted by Crippen LogP contribution is 2.29. The number of halogens is 3. The molecule has 75 valence electrons. The molecule has 0 N–H and O–H groups in total. The Labute approximate surface area is 91.1 Å². The predicted molar refractivity (Wildman–Crippen MR) is 55.6 cm³/mol. The second-order valence-electron chi connectivity index (χ2n) is 3.02. The van der Waals surface area contributed by atoms with Crippen molar-refractivity contribution in [3.05, 3.63) is 59.1 Å². The summed E-state index contributed by atoms with van der Waals surface area (Å²) in [6.45, 7) is 0. The SMILES string of the molecule is Fc1ccc(-c2ccc[c]c2F)c(Cl)c1. The highest BCUT2D eigenvalue weighted by atomic mass is 35.5. The lowest BCUT2D eigenvalue weighted by Crippen LogP contribution is -1.86. The number of rotatable bonds is 1. The normalized spacial score (nSPS) is 10.3. The van der Waals surface area contributed by atoms with Crippen LogP contribution in [0.4, 0.5) is 8.78 Å². The summed E-state index contributed by atoms with van der Waals surface area (Å²) in [5.74, 6) is -0.935. The van der Waals surface area contributed by atoms with E-state index in [9.17, 15) is 8.78 Å². The first-order chi connectivity index (χ1) is 7.18. The summed E-state index contributed by atoms with van der Waals surface area (Å²) in [5.41, 5.74) is 0.787. The van der Waals surface area contributed by atoms with Gasteiger partial charge >= 0.3 is 0 Å². The van der Waals surface area contributed by atoms with Crippen LogP contribution in [0.2, 0.25) is 5.02 Å². The largest absolute Gasteiger partial charge is 0.207 e.